The zero-order valence-corrected chi connectivity index (χ0v) is 12.3. The van der Waals surface area contributed by atoms with E-state index in [2.05, 4.69) is 5.32 Å². The zero-order chi connectivity index (χ0) is 17.2. The molecule has 2 rings (SSSR count). The smallest absolute Gasteiger partial charge is 0.416 e. The lowest BCUT2D eigenvalue weighted by Crippen LogP contribution is -2.33. The Bertz CT molecular complexity index is 603. The number of hydrogen-bond acceptors (Lipinski definition) is 3. The molecule has 1 fully saturated rings. The van der Waals surface area contributed by atoms with Gasteiger partial charge in [-0.3, -0.25) is 9.59 Å². The zero-order valence-electron chi connectivity index (χ0n) is 12.3. The summed E-state index contributed by atoms with van der Waals surface area (Å²) in [6, 6.07) is 3.83. The molecule has 0 radical (unpaired) electrons. The second-order valence-corrected chi connectivity index (χ2v) is 5.43. The van der Waals surface area contributed by atoms with Gasteiger partial charge in [-0.05, 0) is 24.1 Å². The van der Waals surface area contributed by atoms with E-state index in [9.17, 15) is 22.8 Å². The number of nitrogens with one attached hydrogen (secondary N) is 1. The van der Waals surface area contributed by atoms with Crippen LogP contribution in [-0.4, -0.2) is 30.7 Å². The van der Waals surface area contributed by atoms with Gasteiger partial charge in [0, 0.05) is 7.11 Å². The van der Waals surface area contributed by atoms with Gasteiger partial charge in [-0.1, -0.05) is 12.1 Å². The summed E-state index contributed by atoms with van der Waals surface area (Å²) in [6.45, 7) is -0.0164. The molecule has 3 atom stereocenters. The molecule has 23 heavy (non-hydrogen) atoms. The Morgan fingerprint density at radius 3 is 2.61 bits per heavy atom. The number of rotatable bonds is 6. The van der Waals surface area contributed by atoms with Crippen molar-refractivity contribution in [3.63, 3.8) is 0 Å². The molecule has 0 heterocycles. The number of ether oxygens (including phenoxy) is 1. The van der Waals surface area contributed by atoms with Crippen molar-refractivity contribution in [3.05, 3.63) is 35.4 Å². The number of hydrogen-bond donors (Lipinski definition) is 2. The molecule has 2 N–H and O–H groups in total. The first-order valence-corrected chi connectivity index (χ1v) is 6.93. The second kappa shape index (κ2) is 6.57. The molecule has 0 unspecified atom stereocenters. The van der Waals surface area contributed by atoms with Gasteiger partial charge in [-0.2, -0.15) is 13.2 Å². The number of aliphatic carboxylic acids is 1. The van der Waals surface area contributed by atoms with Gasteiger partial charge >= 0.3 is 12.1 Å². The van der Waals surface area contributed by atoms with Crippen molar-refractivity contribution in [2.24, 2.45) is 11.8 Å². The first-order valence-electron chi connectivity index (χ1n) is 6.93. The van der Waals surface area contributed by atoms with Crippen molar-refractivity contribution >= 4 is 11.9 Å². The van der Waals surface area contributed by atoms with Crippen molar-refractivity contribution in [1.29, 1.82) is 0 Å². The Balaban J connectivity index is 2.13. The first-order chi connectivity index (χ1) is 10.7. The molecule has 5 nitrogen and oxygen atoms in total. The second-order valence-electron chi connectivity index (χ2n) is 5.43. The maximum Gasteiger partial charge on any atom is 0.416 e. The van der Waals surface area contributed by atoms with E-state index in [0.29, 0.717) is 0 Å². The Kier molecular flexibility index (Phi) is 4.93. The normalized spacial score (nSPS) is 21.6. The highest BCUT2D eigenvalue weighted by Crippen LogP contribution is 2.39. The van der Waals surface area contributed by atoms with Gasteiger partial charge in [0.25, 0.3) is 0 Å². The SMILES string of the molecule is COC[C@H](NC(=O)[C@@H]1C[C@@H]1C(=O)O)c1cccc(C(F)(F)F)c1. The summed E-state index contributed by atoms with van der Waals surface area (Å²) >= 11 is 0. The molecular weight excluding hydrogens is 315 g/mol. The lowest BCUT2D eigenvalue weighted by Gasteiger charge is -2.19. The summed E-state index contributed by atoms with van der Waals surface area (Å²) in [5, 5.41) is 11.4. The topological polar surface area (TPSA) is 75.6 Å². The third-order valence-electron chi connectivity index (χ3n) is 3.71. The van der Waals surface area contributed by atoms with Crippen molar-refractivity contribution in [3.8, 4) is 0 Å². The predicted octanol–water partition coefficient (Wildman–Crippen LogP) is 2.23. The third-order valence-corrected chi connectivity index (χ3v) is 3.71. The summed E-state index contributed by atoms with van der Waals surface area (Å²) in [5.41, 5.74) is -0.567. The van der Waals surface area contributed by atoms with Gasteiger partial charge in [0.1, 0.15) is 0 Å². The quantitative estimate of drug-likeness (QED) is 0.838. The number of carboxylic acid groups (broad SMARTS) is 1. The number of amides is 1. The van der Waals surface area contributed by atoms with Crippen molar-refractivity contribution in [2.45, 2.75) is 18.6 Å². The van der Waals surface area contributed by atoms with Crippen molar-refractivity contribution < 1.29 is 32.6 Å². The lowest BCUT2D eigenvalue weighted by molar-refractivity contribution is -0.140. The van der Waals surface area contributed by atoms with Crippen molar-refractivity contribution in [2.75, 3.05) is 13.7 Å². The molecule has 1 aliphatic carbocycles. The van der Waals surface area contributed by atoms with E-state index in [0.717, 1.165) is 12.1 Å². The maximum absolute atomic E-state index is 12.8. The number of carboxylic acids is 1. The molecule has 1 amide bonds. The minimum atomic E-state index is -4.48. The van der Waals surface area contributed by atoms with E-state index in [1.165, 1.54) is 19.2 Å². The average molecular weight is 331 g/mol. The van der Waals surface area contributed by atoms with Crippen LogP contribution in [0.5, 0.6) is 0 Å². The van der Waals surface area contributed by atoms with Gasteiger partial charge in [0.15, 0.2) is 0 Å². The highest BCUT2D eigenvalue weighted by Gasteiger charge is 2.48. The Hall–Kier alpha value is -2.09. The van der Waals surface area contributed by atoms with E-state index >= 15 is 0 Å². The number of benzene rings is 1. The van der Waals surface area contributed by atoms with Crippen LogP contribution in [0.15, 0.2) is 24.3 Å². The number of alkyl halides is 3. The number of carbonyl (C=O) groups excluding carboxylic acids is 1. The van der Waals surface area contributed by atoms with E-state index in [1.807, 2.05) is 0 Å². The highest BCUT2D eigenvalue weighted by molar-refractivity contribution is 5.89. The number of halogens is 3. The Morgan fingerprint density at radius 1 is 1.39 bits per heavy atom. The molecule has 8 heteroatoms. The summed E-state index contributed by atoms with van der Waals surface area (Å²) < 4.78 is 43.3. The van der Waals surface area contributed by atoms with Crippen LogP contribution in [0.25, 0.3) is 0 Å². The molecule has 0 spiro atoms. The summed E-state index contributed by atoms with van der Waals surface area (Å²) in [5.74, 6) is -2.90. The lowest BCUT2D eigenvalue weighted by atomic mass is 10.0. The van der Waals surface area contributed by atoms with E-state index in [4.69, 9.17) is 9.84 Å². The van der Waals surface area contributed by atoms with E-state index in [1.54, 1.807) is 0 Å². The van der Waals surface area contributed by atoms with Crippen LogP contribution in [0.3, 0.4) is 0 Å². The molecule has 0 aromatic heterocycles. The van der Waals surface area contributed by atoms with Gasteiger partial charge in [0.2, 0.25) is 5.91 Å². The maximum atomic E-state index is 12.8. The van der Waals surface area contributed by atoms with Crippen LogP contribution in [0.2, 0.25) is 0 Å². The van der Waals surface area contributed by atoms with Crippen LogP contribution in [0.4, 0.5) is 13.2 Å². The first kappa shape index (κ1) is 17.3. The molecule has 1 aromatic carbocycles. The Morgan fingerprint density at radius 2 is 2.09 bits per heavy atom. The summed E-state index contributed by atoms with van der Waals surface area (Å²) in [4.78, 5) is 22.8. The van der Waals surface area contributed by atoms with Gasteiger partial charge in [-0.25, -0.2) is 0 Å². The van der Waals surface area contributed by atoms with Crippen LogP contribution < -0.4 is 5.32 Å². The molecule has 0 aliphatic heterocycles. The summed E-state index contributed by atoms with van der Waals surface area (Å²) in [7, 11) is 1.37. The van der Waals surface area contributed by atoms with Crippen molar-refractivity contribution in [1.82, 2.24) is 5.32 Å². The fourth-order valence-corrected chi connectivity index (χ4v) is 2.36. The van der Waals surface area contributed by atoms with Crippen LogP contribution in [0.1, 0.15) is 23.6 Å². The molecule has 126 valence electrons. The highest BCUT2D eigenvalue weighted by atomic mass is 19.4. The fraction of sp³-hybridized carbons (Fsp3) is 0.467. The Labute approximate surface area is 130 Å². The molecule has 0 saturated heterocycles. The average Bonchev–Trinajstić information content (AvgIpc) is 3.26. The van der Waals surface area contributed by atoms with Crippen LogP contribution >= 0.6 is 0 Å². The molecular formula is C15H16F3NO4. The predicted molar refractivity (Wildman–Crippen MR) is 73.4 cm³/mol. The van der Waals surface area contributed by atoms with Gasteiger partial charge < -0.3 is 15.2 Å². The molecule has 1 saturated carbocycles. The number of carbonyl (C=O) groups is 2. The third kappa shape index (κ3) is 4.22. The summed E-state index contributed by atoms with van der Waals surface area (Å²) in [6.07, 6.45) is -4.24. The minimum Gasteiger partial charge on any atom is -0.481 e. The van der Waals surface area contributed by atoms with Gasteiger partial charge in [0.05, 0.1) is 30.0 Å². The number of methoxy groups -OCH3 is 1. The van der Waals surface area contributed by atoms with Crippen LogP contribution in [-0.2, 0) is 20.5 Å². The molecule has 0 bridgehead atoms. The minimum absolute atomic E-state index is 0.0164. The monoisotopic (exact) mass is 331 g/mol. The largest absolute Gasteiger partial charge is 0.481 e. The van der Waals surface area contributed by atoms with Crippen LogP contribution in [0, 0.1) is 11.8 Å². The van der Waals surface area contributed by atoms with Gasteiger partial charge in [-0.15, -0.1) is 0 Å². The molecule has 1 aliphatic rings. The standard InChI is InChI=1S/C15H16F3NO4/c1-23-7-12(19-13(20)10-6-11(10)14(21)22)8-3-2-4-9(5-8)15(16,17)18/h2-5,10-12H,6-7H2,1H3,(H,19,20)(H,21,22)/t10-,11+,12+/m1/s1. The fourth-order valence-electron chi connectivity index (χ4n) is 2.36. The van der Waals surface area contributed by atoms with E-state index < -0.39 is 41.5 Å². The van der Waals surface area contributed by atoms with E-state index in [-0.39, 0.29) is 18.6 Å². The molecule has 1 aromatic rings.